The van der Waals surface area contributed by atoms with Gasteiger partial charge in [0.05, 0.1) is 27.2 Å². The van der Waals surface area contributed by atoms with Crippen LogP contribution < -0.4 is 23.7 Å². The van der Waals surface area contributed by atoms with Gasteiger partial charge in [0.25, 0.3) is 0 Å². The zero-order valence-electron chi connectivity index (χ0n) is 21.0. The second-order valence-electron chi connectivity index (χ2n) is 9.05. The van der Waals surface area contributed by atoms with Gasteiger partial charge in [-0.2, -0.15) is 0 Å². The van der Waals surface area contributed by atoms with E-state index >= 15 is 0 Å². The minimum Gasteiger partial charge on any atom is -0.493 e. The van der Waals surface area contributed by atoms with E-state index in [1.54, 1.807) is 30.3 Å². The Morgan fingerprint density at radius 1 is 1.03 bits per heavy atom. The fourth-order valence-electron chi connectivity index (χ4n) is 4.18. The highest BCUT2D eigenvalue weighted by Crippen LogP contribution is 2.47. The van der Waals surface area contributed by atoms with Gasteiger partial charge in [0.1, 0.15) is 11.9 Å². The van der Waals surface area contributed by atoms with E-state index in [4.69, 9.17) is 28.4 Å². The van der Waals surface area contributed by atoms with E-state index in [2.05, 4.69) is 6.58 Å². The van der Waals surface area contributed by atoms with Crippen LogP contribution in [0.25, 0.3) is 0 Å². The number of aldehydes is 1. The quantitative estimate of drug-likeness (QED) is 0.267. The Hall–Kier alpha value is -3.68. The van der Waals surface area contributed by atoms with Gasteiger partial charge in [-0.15, -0.1) is 6.58 Å². The van der Waals surface area contributed by atoms with E-state index in [1.165, 1.54) is 21.3 Å². The molecule has 1 aliphatic heterocycles. The third kappa shape index (κ3) is 5.53. The lowest BCUT2D eigenvalue weighted by atomic mass is 9.77. The van der Waals surface area contributed by atoms with Crippen LogP contribution in [-0.2, 0) is 9.53 Å². The number of ether oxygens (including phenoxy) is 6. The molecule has 1 aliphatic rings. The van der Waals surface area contributed by atoms with Crippen molar-refractivity contribution in [3.8, 4) is 28.7 Å². The molecule has 0 spiro atoms. The fourth-order valence-corrected chi connectivity index (χ4v) is 4.18. The van der Waals surface area contributed by atoms with Gasteiger partial charge in [-0.1, -0.05) is 6.08 Å². The van der Waals surface area contributed by atoms with Gasteiger partial charge in [0, 0.05) is 11.5 Å². The number of methoxy groups -OCH3 is 3. The molecule has 188 valence electrons. The number of allylic oxidation sites excluding steroid dienone is 1. The zero-order valence-corrected chi connectivity index (χ0v) is 21.0. The Morgan fingerprint density at radius 2 is 1.63 bits per heavy atom. The highest BCUT2D eigenvalue weighted by atomic mass is 16.7. The zero-order chi connectivity index (χ0) is 25.8. The summed E-state index contributed by atoms with van der Waals surface area (Å²) in [6.07, 6.45) is 2.69. The maximum absolute atomic E-state index is 13.5. The first-order valence-electron chi connectivity index (χ1n) is 11.2. The van der Waals surface area contributed by atoms with Crippen molar-refractivity contribution in [1.82, 2.24) is 0 Å². The van der Waals surface area contributed by atoms with Gasteiger partial charge in [-0.3, -0.25) is 9.59 Å². The number of hydrogen-bond donors (Lipinski definition) is 0. The maximum Gasteiger partial charge on any atom is 0.310 e. The molecule has 8 heteroatoms. The summed E-state index contributed by atoms with van der Waals surface area (Å²) >= 11 is 0. The molecule has 2 atom stereocenters. The van der Waals surface area contributed by atoms with Crippen molar-refractivity contribution in [2.75, 3.05) is 28.1 Å². The van der Waals surface area contributed by atoms with Crippen LogP contribution in [0.4, 0.5) is 0 Å². The number of hydrogen-bond acceptors (Lipinski definition) is 8. The molecule has 35 heavy (non-hydrogen) atoms. The number of benzene rings is 2. The molecular formula is C27H32O8. The van der Waals surface area contributed by atoms with E-state index in [0.717, 1.165) is 6.29 Å². The molecule has 0 amide bonds. The predicted molar refractivity (Wildman–Crippen MR) is 130 cm³/mol. The molecule has 8 nitrogen and oxygen atoms in total. The van der Waals surface area contributed by atoms with Crippen LogP contribution in [-0.4, -0.2) is 46.0 Å². The Balaban J connectivity index is 2.31. The second-order valence-corrected chi connectivity index (χ2v) is 9.05. The average Bonchev–Trinajstić information content (AvgIpc) is 3.28. The molecule has 0 N–H and O–H groups in total. The summed E-state index contributed by atoms with van der Waals surface area (Å²) in [5, 5.41) is 0. The van der Waals surface area contributed by atoms with E-state index < -0.39 is 23.4 Å². The Labute approximate surface area is 205 Å². The van der Waals surface area contributed by atoms with E-state index in [-0.39, 0.29) is 6.79 Å². The molecule has 2 aromatic rings. The van der Waals surface area contributed by atoms with Gasteiger partial charge in [0.2, 0.25) is 12.5 Å². The highest BCUT2D eigenvalue weighted by molar-refractivity contribution is 5.82. The summed E-state index contributed by atoms with van der Waals surface area (Å²) in [6, 6.07) is 6.90. The monoisotopic (exact) mass is 484 g/mol. The maximum atomic E-state index is 13.5. The predicted octanol–water partition coefficient (Wildman–Crippen LogP) is 4.92. The summed E-state index contributed by atoms with van der Waals surface area (Å²) in [6.45, 7) is 9.32. The van der Waals surface area contributed by atoms with Crippen molar-refractivity contribution in [3.05, 3.63) is 53.6 Å². The second kappa shape index (κ2) is 10.7. The van der Waals surface area contributed by atoms with Crippen LogP contribution in [0, 0.1) is 5.92 Å². The Bertz CT molecular complexity index is 1070. The lowest BCUT2D eigenvalue weighted by molar-refractivity contribution is -0.160. The average molecular weight is 485 g/mol. The van der Waals surface area contributed by atoms with E-state index in [1.807, 2.05) is 20.8 Å². The lowest BCUT2D eigenvalue weighted by Crippen LogP contribution is -2.32. The van der Waals surface area contributed by atoms with Crippen molar-refractivity contribution in [2.24, 2.45) is 5.92 Å². The molecule has 0 aromatic heterocycles. The van der Waals surface area contributed by atoms with Gasteiger partial charge < -0.3 is 28.4 Å². The Kier molecular flexibility index (Phi) is 7.94. The largest absolute Gasteiger partial charge is 0.493 e. The van der Waals surface area contributed by atoms with Crippen LogP contribution in [0.1, 0.15) is 54.6 Å². The summed E-state index contributed by atoms with van der Waals surface area (Å²) in [5.74, 6) is 0.437. The molecule has 2 aromatic carbocycles. The molecule has 1 heterocycles. The van der Waals surface area contributed by atoms with Crippen LogP contribution in [0.2, 0.25) is 0 Å². The van der Waals surface area contributed by atoms with Crippen molar-refractivity contribution >= 4 is 12.3 Å². The summed E-state index contributed by atoms with van der Waals surface area (Å²) in [5.41, 5.74) is 0.902. The lowest BCUT2D eigenvalue weighted by Gasteiger charge is -2.31. The first-order valence-corrected chi connectivity index (χ1v) is 11.2. The SMILES string of the molecule is C=CC[C@H](C(=O)OC(C)(C)C)[C@H](c1cc(OC)c(OC)c(OC)c1)c1cc2c(cc1C=O)OCO2. The summed E-state index contributed by atoms with van der Waals surface area (Å²) in [7, 11) is 4.55. The van der Waals surface area contributed by atoms with E-state index in [0.29, 0.717) is 51.9 Å². The molecule has 0 saturated heterocycles. The minimum absolute atomic E-state index is 0.0497. The van der Waals surface area contributed by atoms with Crippen molar-refractivity contribution in [3.63, 3.8) is 0 Å². The van der Waals surface area contributed by atoms with Crippen LogP contribution in [0.5, 0.6) is 28.7 Å². The van der Waals surface area contributed by atoms with Gasteiger partial charge in [-0.05, 0) is 62.6 Å². The summed E-state index contributed by atoms with van der Waals surface area (Å²) in [4.78, 5) is 25.7. The fraction of sp³-hybridized carbons (Fsp3) is 0.407. The van der Waals surface area contributed by atoms with Crippen LogP contribution in [0.15, 0.2) is 36.9 Å². The van der Waals surface area contributed by atoms with Crippen molar-refractivity contribution in [2.45, 2.75) is 38.7 Å². The standard InChI is InChI=1S/C27H32O8/c1-8-9-18(26(29)35-27(2,3)4)24(16-10-22(30-5)25(32-7)23(11-16)31-6)19-13-21-20(33-15-34-21)12-17(19)14-28/h8,10-14,18,24H,1,9,15H2,2-7H3/t18-,24-/m0/s1. The first kappa shape index (κ1) is 25.9. The molecule has 0 bridgehead atoms. The van der Waals surface area contributed by atoms with Crippen LogP contribution >= 0.6 is 0 Å². The van der Waals surface area contributed by atoms with E-state index in [9.17, 15) is 9.59 Å². The molecule has 0 radical (unpaired) electrons. The number of esters is 1. The Morgan fingerprint density at radius 3 is 2.11 bits per heavy atom. The number of carbonyl (C=O) groups is 2. The van der Waals surface area contributed by atoms with Gasteiger partial charge >= 0.3 is 5.97 Å². The van der Waals surface area contributed by atoms with Gasteiger partial charge in [0.15, 0.2) is 23.0 Å². The normalized spacial score (nSPS) is 14.0. The summed E-state index contributed by atoms with van der Waals surface area (Å²) < 4.78 is 33.4. The molecular weight excluding hydrogens is 452 g/mol. The molecule has 3 rings (SSSR count). The first-order chi connectivity index (χ1) is 16.7. The topological polar surface area (TPSA) is 89.5 Å². The highest BCUT2D eigenvalue weighted by Gasteiger charge is 2.37. The molecule has 0 fully saturated rings. The van der Waals surface area contributed by atoms with Crippen molar-refractivity contribution in [1.29, 1.82) is 0 Å². The molecule has 0 aliphatic carbocycles. The number of fused-ring (bicyclic) bond motifs is 1. The molecule has 0 saturated carbocycles. The smallest absolute Gasteiger partial charge is 0.310 e. The molecule has 0 unspecified atom stereocenters. The van der Waals surface area contributed by atoms with Crippen LogP contribution in [0.3, 0.4) is 0 Å². The minimum atomic E-state index is -0.714. The van der Waals surface area contributed by atoms with Crippen molar-refractivity contribution < 1.29 is 38.0 Å². The van der Waals surface area contributed by atoms with Gasteiger partial charge in [-0.25, -0.2) is 0 Å². The number of rotatable bonds is 10. The number of carbonyl (C=O) groups excluding carboxylic acids is 2. The third-order valence-corrected chi connectivity index (χ3v) is 5.62. The third-order valence-electron chi connectivity index (χ3n) is 5.62.